The molecule has 0 aliphatic rings. The van der Waals surface area contributed by atoms with Crippen molar-refractivity contribution < 1.29 is 19.4 Å². The van der Waals surface area contributed by atoms with Crippen molar-refractivity contribution in [3.8, 4) is 11.5 Å². The van der Waals surface area contributed by atoms with E-state index in [-0.39, 0.29) is 6.10 Å². The molecule has 0 bridgehead atoms. The third-order valence-corrected chi connectivity index (χ3v) is 2.93. The molecule has 0 fully saturated rings. The number of ether oxygens (including phenoxy) is 2. The highest BCUT2D eigenvalue weighted by molar-refractivity contribution is 9.10. The molecule has 0 radical (unpaired) electrons. The van der Waals surface area contributed by atoms with Crippen LogP contribution in [0.2, 0.25) is 0 Å². The Morgan fingerprint density at radius 3 is 2.44 bits per heavy atom. The summed E-state index contributed by atoms with van der Waals surface area (Å²) in [4.78, 5) is 10.9. The fraction of sp³-hybridized carbons (Fsp3) is 0.417. The lowest BCUT2D eigenvalue weighted by atomic mass is 10.1. The number of rotatable bonds is 5. The number of hydrogen-bond acceptors (Lipinski definition) is 4. The highest BCUT2D eigenvalue weighted by Crippen LogP contribution is 2.36. The first-order chi connectivity index (χ1) is 8.36. The lowest BCUT2D eigenvalue weighted by Crippen LogP contribution is -2.21. The maximum absolute atomic E-state index is 10.9. The Labute approximate surface area is 114 Å². The number of carbonyl (C=O) groups is 1. The summed E-state index contributed by atoms with van der Waals surface area (Å²) < 4.78 is 11.3. The van der Waals surface area contributed by atoms with E-state index in [0.29, 0.717) is 21.5 Å². The second-order valence-electron chi connectivity index (χ2n) is 4.01. The molecule has 1 atom stereocenters. The summed E-state index contributed by atoms with van der Waals surface area (Å²) in [6.45, 7) is 3.79. The van der Waals surface area contributed by atoms with E-state index in [9.17, 15) is 4.79 Å². The fourth-order valence-corrected chi connectivity index (χ4v) is 2.00. The van der Waals surface area contributed by atoms with E-state index in [0.717, 1.165) is 0 Å². The minimum absolute atomic E-state index is 0.00945. The van der Waals surface area contributed by atoms with Crippen molar-refractivity contribution in [1.29, 1.82) is 0 Å². The molecule has 1 rings (SSSR count). The molecule has 3 N–H and O–H groups in total. The molecule has 0 aromatic heterocycles. The first-order valence-electron chi connectivity index (χ1n) is 5.39. The van der Waals surface area contributed by atoms with Crippen LogP contribution in [-0.2, 0) is 4.79 Å². The van der Waals surface area contributed by atoms with Gasteiger partial charge in [0.2, 0.25) is 0 Å². The first-order valence-corrected chi connectivity index (χ1v) is 6.18. The number of methoxy groups -OCH3 is 1. The van der Waals surface area contributed by atoms with Crippen LogP contribution in [0.15, 0.2) is 16.6 Å². The van der Waals surface area contributed by atoms with E-state index in [1.807, 2.05) is 13.8 Å². The van der Waals surface area contributed by atoms with Crippen LogP contribution in [0.1, 0.15) is 25.5 Å². The lowest BCUT2D eigenvalue weighted by molar-refractivity contribution is -0.138. The molecule has 0 amide bonds. The van der Waals surface area contributed by atoms with Crippen LogP contribution >= 0.6 is 15.9 Å². The molecule has 5 nitrogen and oxygen atoms in total. The Morgan fingerprint density at radius 2 is 2.00 bits per heavy atom. The van der Waals surface area contributed by atoms with Crippen molar-refractivity contribution in [3.05, 3.63) is 22.2 Å². The Balaban J connectivity index is 3.21. The highest BCUT2D eigenvalue weighted by atomic mass is 79.9. The molecule has 1 aromatic carbocycles. The number of carboxylic acid groups (broad SMARTS) is 1. The standard InChI is InChI=1S/C12H16BrNO4/c1-6(2)18-10-5-8(13)7(4-9(10)17-3)11(14)12(15)16/h4-6,11H,14H2,1-3H3,(H,15,16). The maximum atomic E-state index is 10.9. The Morgan fingerprint density at radius 1 is 1.39 bits per heavy atom. The van der Waals surface area contributed by atoms with Gasteiger partial charge in [-0.25, -0.2) is 0 Å². The zero-order chi connectivity index (χ0) is 13.9. The van der Waals surface area contributed by atoms with Crippen molar-refractivity contribution in [2.24, 2.45) is 5.73 Å². The molecule has 6 heteroatoms. The number of carboxylic acids is 1. The fourth-order valence-electron chi connectivity index (χ4n) is 1.43. The number of benzene rings is 1. The van der Waals surface area contributed by atoms with Gasteiger partial charge in [-0.15, -0.1) is 0 Å². The van der Waals surface area contributed by atoms with Crippen molar-refractivity contribution in [2.75, 3.05) is 7.11 Å². The summed E-state index contributed by atoms with van der Waals surface area (Å²) >= 11 is 3.29. The van der Waals surface area contributed by atoms with Gasteiger partial charge in [-0.3, -0.25) is 4.79 Å². The van der Waals surface area contributed by atoms with Crippen molar-refractivity contribution in [1.82, 2.24) is 0 Å². The van der Waals surface area contributed by atoms with Gasteiger partial charge in [-0.05, 0) is 31.5 Å². The summed E-state index contributed by atoms with van der Waals surface area (Å²) in [5, 5.41) is 8.92. The molecule has 1 aromatic rings. The Kier molecular flexibility index (Phi) is 4.98. The second-order valence-corrected chi connectivity index (χ2v) is 4.86. The molecule has 0 aliphatic carbocycles. The summed E-state index contributed by atoms with van der Waals surface area (Å²) in [7, 11) is 1.49. The van der Waals surface area contributed by atoms with E-state index in [2.05, 4.69) is 15.9 Å². The maximum Gasteiger partial charge on any atom is 0.325 e. The van der Waals surface area contributed by atoms with E-state index >= 15 is 0 Å². The number of hydrogen-bond donors (Lipinski definition) is 2. The minimum Gasteiger partial charge on any atom is -0.493 e. The third kappa shape index (κ3) is 3.36. The summed E-state index contributed by atoms with van der Waals surface area (Å²) in [6.07, 6.45) is -0.00945. The zero-order valence-electron chi connectivity index (χ0n) is 10.4. The normalized spacial score (nSPS) is 12.3. The minimum atomic E-state index is -1.11. The highest BCUT2D eigenvalue weighted by Gasteiger charge is 2.20. The zero-order valence-corrected chi connectivity index (χ0v) is 12.0. The number of nitrogens with two attached hydrogens (primary N) is 1. The van der Waals surface area contributed by atoms with Gasteiger partial charge in [-0.1, -0.05) is 15.9 Å². The predicted molar refractivity (Wildman–Crippen MR) is 71.0 cm³/mol. The topological polar surface area (TPSA) is 81.8 Å². The molecule has 18 heavy (non-hydrogen) atoms. The van der Waals surface area contributed by atoms with Gasteiger partial charge in [0.05, 0.1) is 13.2 Å². The van der Waals surface area contributed by atoms with Crippen LogP contribution in [0.3, 0.4) is 0 Å². The van der Waals surface area contributed by atoms with Crippen LogP contribution in [0.4, 0.5) is 0 Å². The molecular weight excluding hydrogens is 302 g/mol. The van der Waals surface area contributed by atoms with Crippen LogP contribution in [0, 0.1) is 0 Å². The second kappa shape index (κ2) is 6.06. The van der Waals surface area contributed by atoms with E-state index in [1.165, 1.54) is 7.11 Å². The van der Waals surface area contributed by atoms with Crippen LogP contribution in [0.5, 0.6) is 11.5 Å². The van der Waals surface area contributed by atoms with Crippen molar-refractivity contribution >= 4 is 21.9 Å². The van der Waals surface area contributed by atoms with E-state index in [1.54, 1.807) is 12.1 Å². The van der Waals surface area contributed by atoms with E-state index < -0.39 is 12.0 Å². The molecule has 0 saturated heterocycles. The molecular formula is C12H16BrNO4. The molecule has 0 heterocycles. The largest absolute Gasteiger partial charge is 0.493 e. The summed E-state index contributed by atoms with van der Waals surface area (Å²) in [6, 6.07) is 2.12. The van der Waals surface area contributed by atoms with Crippen molar-refractivity contribution in [3.63, 3.8) is 0 Å². The van der Waals surface area contributed by atoms with Gasteiger partial charge in [0, 0.05) is 4.47 Å². The molecule has 0 saturated carbocycles. The van der Waals surface area contributed by atoms with Gasteiger partial charge in [0.15, 0.2) is 11.5 Å². The summed E-state index contributed by atoms with van der Waals surface area (Å²) in [5.74, 6) is -0.102. The quantitative estimate of drug-likeness (QED) is 0.871. The van der Waals surface area contributed by atoms with Crippen LogP contribution < -0.4 is 15.2 Å². The number of aliphatic carboxylic acids is 1. The van der Waals surface area contributed by atoms with Crippen LogP contribution in [-0.4, -0.2) is 24.3 Å². The van der Waals surface area contributed by atoms with Gasteiger partial charge < -0.3 is 20.3 Å². The Hall–Kier alpha value is -1.27. The molecule has 100 valence electrons. The van der Waals surface area contributed by atoms with Gasteiger partial charge in [0.25, 0.3) is 0 Å². The van der Waals surface area contributed by atoms with Crippen LogP contribution in [0.25, 0.3) is 0 Å². The van der Waals surface area contributed by atoms with Gasteiger partial charge in [0.1, 0.15) is 6.04 Å². The molecule has 0 aliphatic heterocycles. The van der Waals surface area contributed by atoms with E-state index in [4.69, 9.17) is 20.3 Å². The SMILES string of the molecule is COc1cc(C(N)C(=O)O)c(Br)cc1OC(C)C. The van der Waals surface area contributed by atoms with Gasteiger partial charge >= 0.3 is 5.97 Å². The van der Waals surface area contributed by atoms with Crippen molar-refractivity contribution in [2.45, 2.75) is 26.0 Å². The van der Waals surface area contributed by atoms with Gasteiger partial charge in [-0.2, -0.15) is 0 Å². The summed E-state index contributed by atoms with van der Waals surface area (Å²) in [5.41, 5.74) is 6.03. The number of halogens is 1. The predicted octanol–water partition coefficient (Wildman–Crippen LogP) is 2.33. The monoisotopic (exact) mass is 317 g/mol. The average molecular weight is 318 g/mol. The third-order valence-electron chi connectivity index (χ3n) is 2.25. The lowest BCUT2D eigenvalue weighted by Gasteiger charge is -2.17. The average Bonchev–Trinajstić information content (AvgIpc) is 2.27. The molecule has 1 unspecified atom stereocenters. The first kappa shape index (κ1) is 14.8. The smallest absolute Gasteiger partial charge is 0.325 e. The molecule has 0 spiro atoms. The Bertz CT molecular complexity index is 448.